The molecule has 1 aromatic heterocycles. The Bertz CT molecular complexity index is 986. The van der Waals surface area contributed by atoms with E-state index in [-0.39, 0.29) is 11.5 Å². The van der Waals surface area contributed by atoms with Gasteiger partial charge < -0.3 is 24.3 Å². The molecular formula is C22H27F3N6O2. The number of rotatable bonds is 4. The molecule has 0 unspecified atom stereocenters. The molecule has 4 rings (SSSR count). The second kappa shape index (κ2) is 9.42. The lowest BCUT2D eigenvalue weighted by Gasteiger charge is -2.37. The zero-order valence-electron chi connectivity index (χ0n) is 18.7. The van der Waals surface area contributed by atoms with Crippen LogP contribution in [0.4, 0.5) is 24.8 Å². The normalized spacial score (nSPS) is 17.9. The highest BCUT2D eigenvalue weighted by atomic mass is 19.4. The predicted molar refractivity (Wildman–Crippen MR) is 118 cm³/mol. The third kappa shape index (κ3) is 5.84. The smallest absolute Gasteiger partial charge is 0.406 e. The first kappa shape index (κ1) is 23.1. The highest BCUT2D eigenvalue weighted by molar-refractivity contribution is 5.94. The standard InChI is InChI=1S/C22H27F3N6O2/c1-16-26-19(29-8-6-28(2)7-9-29)15-20(27-16)30-10-12-31(13-11-30)21(32)17-4-3-5-18(14-17)33-22(23,24)25/h3-5,14-15H,6-13H2,1-2H3. The average molecular weight is 464 g/mol. The zero-order valence-corrected chi connectivity index (χ0v) is 18.7. The molecule has 0 atom stereocenters. The monoisotopic (exact) mass is 464 g/mol. The van der Waals surface area contributed by atoms with Crippen molar-refractivity contribution in [3.63, 3.8) is 0 Å². The molecule has 0 N–H and O–H groups in total. The van der Waals surface area contributed by atoms with Crippen molar-refractivity contribution in [2.24, 2.45) is 0 Å². The van der Waals surface area contributed by atoms with Gasteiger partial charge in [0.25, 0.3) is 5.91 Å². The number of benzene rings is 1. The van der Waals surface area contributed by atoms with Crippen LogP contribution in [-0.2, 0) is 0 Å². The van der Waals surface area contributed by atoms with Crippen molar-refractivity contribution in [2.75, 3.05) is 69.2 Å². The number of halogens is 3. The Kier molecular flexibility index (Phi) is 6.59. The van der Waals surface area contributed by atoms with Gasteiger partial charge in [0.05, 0.1) is 0 Å². The summed E-state index contributed by atoms with van der Waals surface area (Å²) in [6, 6.07) is 7.17. The molecule has 3 heterocycles. The Morgan fingerprint density at radius 2 is 1.48 bits per heavy atom. The quantitative estimate of drug-likeness (QED) is 0.689. The van der Waals surface area contributed by atoms with Crippen LogP contribution in [0.15, 0.2) is 30.3 Å². The number of anilines is 2. The number of aromatic nitrogens is 2. The van der Waals surface area contributed by atoms with E-state index < -0.39 is 12.1 Å². The Morgan fingerprint density at radius 1 is 0.909 bits per heavy atom. The lowest BCUT2D eigenvalue weighted by atomic mass is 10.1. The first-order valence-electron chi connectivity index (χ1n) is 10.9. The summed E-state index contributed by atoms with van der Waals surface area (Å²) in [4.78, 5) is 30.3. The summed E-state index contributed by atoms with van der Waals surface area (Å²) < 4.78 is 41.4. The molecule has 2 aliphatic rings. The molecule has 2 fully saturated rings. The number of aryl methyl sites for hydroxylation is 1. The summed E-state index contributed by atoms with van der Waals surface area (Å²) in [6.07, 6.45) is -4.80. The number of piperazine rings is 2. The maximum Gasteiger partial charge on any atom is 0.573 e. The van der Waals surface area contributed by atoms with Gasteiger partial charge in [-0.2, -0.15) is 0 Å². The molecule has 1 aromatic carbocycles. The van der Waals surface area contributed by atoms with Crippen LogP contribution < -0.4 is 14.5 Å². The number of hydrogen-bond donors (Lipinski definition) is 0. The SMILES string of the molecule is Cc1nc(N2CCN(C)CC2)cc(N2CCN(C(=O)c3cccc(OC(F)(F)F)c3)CC2)n1. The van der Waals surface area contributed by atoms with Crippen molar-refractivity contribution < 1.29 is 22.7 Å². The molecule has 2 saturated heterocycles. The van der Waals surface area contributed by atoms with Crippen LogP contribution in [0.2, 0.25) is 0 Å². The lowest BCUT2D eigenvalue weighted by Crippen LogP contribution is -2.49. The van der Waals surface area contributed by atoms with E-state index >= 15 is 0 Å². The fraction of sp³-hybridized carbons (Fsp3) is 0.500. The second-order valence-corrected chi connectivity index (χ2v) is 8.28. The van der Waals surface area contributed by atoms with Gasteiger partial charge in [-0.15, -0.1) is 13.2 Å². The summed E-state index contributed by atoms with van der Waals surface area (Å²) >= 11 is 0. The molecule has 0 radical (unpaired) electrons. The molecule has 8 nitrogen and oxygen atoms in total. The molecule has 0 aliphatic carbocycles. The molecule has 33 heavy (non-hydrogen) atoms. The van der Waals surface area contributed by atoms with Crippen molar-refractivity contribution in [2.45, 2.75) is 13.3 Å². The van der Waals surface area contributed by atoms with E-state index in [4.69, 9.17) is 0 Å². The van der Waals surface area contributed by atoms with Crippen molar-refractivity contribution in [3.05, 3.63) is 41.7 Å². The van der Waals surface area contributed by atoms with Gasteiger partial charge in [-0.1, -0.05) is 6.07 Å². The lowest BCUT2D eigenvalue weighted by molar-refractivity contribution is -0.274. The maximum absolute atomic E-state index is 12.8. The molecule has 0 saturated carbocycles. The Hall–Kier alpha value is -3.08. The summed E-state index contributed by atoms with van der Waals surface area (Å²) in [6.45, 7) is 7.68. The first-order chi connectivity index (χ1) is 15.7. The molecule has 1 amide bonds. The van der Waals surface area contributed by atoms with Gasteiger partial charge in [0.1, 0.15) is 23.2 Å². The van der Waals surface area contributed by atoms with E-state index in [0.29, 0.717) is 32.0 Å². The van der Waals surface area contributed by atoms with E-state index in [1.54, 1.807) is 4.90 Å². The summed E-state index contributed by atoms with van der Waals surface area (Å²) in [5, 5.41) is 0. The topological polar surface area (TPSA) is 65.0 Å². The van der Waals surface area contributed by atoms with Gasteiger partial charge in [-0.3, -0.25) is 4.79 Å². The van der Waals surface area contributed by atoms with Gasteiger partial charge in [-0.25, -0.2) is 9.97 Å². The number of likely N-dealkylation sites (N-methyl/N-ethyl adjacent to an activating group) is 1. The minimum atomic E-state index is -4.80. The van der Waals surface area contributed by atoms with Crippen LogP contribution in [0.5, 0.6) is 5.75 Å². The number of carbonyl (C=O) groups excluding carboxylic acids is 1. The highest BCUT2D eigenvalue weighted by Gasteiger charge is 2.31. The largest absolute Gasteiger partial charge is 0.573 e. The minimum Gasteiger partial charge on any atom is -0.406 e. The number of carbonyl (C=O) groups is 1. The van der Waals surface area contributed by atoms with Crippen LogP contribution >= 0.6 is 0 Å². The van der Waals surface area contributed by atoms with Crippen LogP contribution in [0, 0.1) is 6.92 Å². The van der Waals surface area contributed by atoms with E-state index in [1.165, 1.54) is 18.2 Å². The van der Waals surface area contributed by atoms with E-state index in [0.717, 1.165) is 43.9 Å². The third-order valence-electron chi connectivity index (χ3n) is 5.84. The molecular weight excluding hydrogens is 437 g/mol. The first-order valence-corrected chi connectivity index (χ1v) is 10.9. The average Bonchev–Trinajstić information content (AvgIpc) is 2.78. The number of ether oxygens (including phenoxy) is 1. The molecule has 0 spiro atoms. The van der Waals surface area contributed by atoms with Crippen LogP contribution in [0.3, 0.4) is 0 Å². The number of alkyl halides is 3. The van der Waals surface area contributed by atoms with Crippen molar-refractivity contribution >= 4 is 17.5 Å². The number of amides is 1. The van der Waals surface area contributed by atoms with Crippen molar-refractivity contribution in [3.8, 4) is 5.75 Å². The predicted octanol–water partition coefficient (Wildman–Crippen LogP) is 2.40. The fourth-order valence-corrected chi connectivity index (χ4v) is 4.04. The third-order valence-corrected chi connectivity index (χ3v) is 5.84. The van der Waals surface area contributed by atoms with Gasteiger partial charge in [0, 0.05) is 64.0 Å². The van der Waals surface area contributed by atoms with E-state index in [9.17, 15) is 18.0 Å². The molecule has 2 aromatic rings. The minimum absolute atomic E-state index is 0.167. The van der Waals surface area contributed by atoms with Gasteiger partial charge in [0.15, 0.2) is 0 Å². The van der Waals surface area contributed by atoms with E-state index in [1.807, 2.05) is 13.0 Å². The zero-order chi connectivity index (χ0) is 23.6. The Balaban J connectivity index is 1.40. The molecule has 178 valence electrons. The summed E-state index contributed by atoms with van der Waals surface area (Å²) in [7, 11) is 2.11. The highest BCUT2D eigenvalue weighted by Crippen LogP contribution is 2.25. The molecule has 2 aliphatic heterocycles. The van der Waals surface area contributed by atoms with E-state index in [2.05, 4.69) is 36.5 Å². The fourth-order valence-electron chi connectivity index (χ4n) is 4.04. The number of nitrogens with zero attached hydrogens (tertiary/aromatic N) is 6. The van der Waals surface area contributed by atoms with Crippen LogP contribution in [-0.4, -0.2) is 91.4 Å². The Morgan fingerprint density at radius 3 is 2.06 bits per heavy atom. The van der Waals surface area contributed by atoms with Crippen LogP contribution in [0.1, 0.15) is 16.2 Å². The molecule has 0 bridgehead atoms. The second-order valence-electron chi connectivity index (χ2n) is 8.28. The van der Waals surface area contributed by atoms with Crippen molar-refractivity contribution in [1.82, 2.24) is 19.8 Å². The summed E-state index contributed by atoms with van der Waals surface area (Å²) in [5.74, 6) is 1.70. The maximum atomic E-state index is 12.8. The van der Waals surface area contributed by atoms with Gasteiger partial charge >= 0.3 is 6.36 Å². The number of hydrogen-bond acceptors (Lipinski definition) is 7. The Labute approximate surface area is 190 Å². The molecule has 11 heteroatoms. The van der Waals surface area contributed by atoms with Crippen molar-refractivity contribution in [1.29, 1.82) is 0 Å². The van der Waals surface area contributed by atoms with Crippen LogP contribution in [0.25, 0.3) is 0 Å². The van der Waals surface area contributed by atoms with Gasteiger partial charge in [-0.05, 0) is 32.2 Å². The van der Waals surface area contributed by atoms with Gasteiger partial charge in [0.2, 0.25) is 0 Å². The summed E-state index contributed by atoms with van der Waals surface area (Å²) in [5.41, 5.74) is 0.167.